The highest BCUT2D eigenvalue weighted by Crippen LogP contribution is 2.50. The number of aliphatic imine (C=N–C) groups is 1. The highest BCUT2D eigenvalue weighted by atomic mass is 127. The van der Waals surface area contributed by atoms with Crippen molar-refractivity contribution < 1.29 is 4.74 Å². The van der Waals surface area contributed by atoms with E-state index in [0.717, 1.165) is 37.7 Å². The Kier molecular flexibility index (Phi) is 7.61. The summed E-state index contributed by atoms with van der Waals surface area (Å²) in [6, 6.07) is 8.55. The molecule has 1 aliphatic heterocycles. The van der Waals surface area contributed by atoms with Crippen LogP contribution in [0.15, 0.2) is 46.1 Å². The lowest BCUT2D eigenvalue weighted by Gasteiger charge is -2.35. The van der Waals surface area contributed by atoms with Crippen molar-refractivity contribution in [2.75, 3.05) is 32.8 Å². The first-order chi connectivity index (χ1) is 13.6. The van der Waals surface area contributed by atoms with Crippen LogP contribution in [0.2, 0.25) is 0 Å². The Hall–Kier alpha value is -1.13. The summed E-state index contributed by atoms with van der Waals surface area (Å²) in [6.07, 6.45) is 6.35. The molecule has 1 aromatic carbocycles. The summed E-state index contributed by atoms with van der Waals surface area (Å²) in [7, 11) is 1.94. The van der Waals surface area contributed by atoms with Gasteiger partial charge in [-0.05, 0) is 31.4 Å². The number of guanidine groups is 1. The van der Waals surface area contributed by atoms with Gasteiger partial charge in [-0.15, -0.1) is 24.0 Å². The van der Waals surface area contributed by atoms with E-state index < -0.39 is 0 Å². The predicted octanol–water partition coefficient (Wildman–Crippen LogP) is 3.87. The van der Waals surface area contributed by atoms with Crippen LogP contribution in [0.1, 0.15) is 37.0 Å². The molecule has 1 atom stereocenters. The Bertz CT molecular complexity index is 851. The molecule has 6 nitrogen and oxygen atoms in total. The third-order valence-electron chi connectivity index (χ3n) is 5.63. The van der Waals surface area contributed by atoms with Crippen LogP contribution in [-0.2, 0) is 17.2 Å². The topological polar surface area (TPSA) is 54.7 Å². The van der Waals surface area contributed by atoms with Gasteiger partial charge in [-0.1, -0.05) is 34.1 Å². The third kappa shape index (κ3) is 5.14. The molecular weight excluding hydrogens is 545 g/mol. The molecule has 29 heavy (non-hydrogen) atoms. The number of aromatic nitrogens is 2. The molecule has 8 heteroatoms. The van der Waals surface area contributed by atoms with E-state index in [-0.39, 0.29) is 35.5 Å². The average Bonchev–Trinajstić information content (AvgIpc) is 3.37. The summed E-state index contributed by atoms with van der Waals surface area (Å²) in [4.78, 5) is 7.38. The number of hydrogen-bond donors (Lipinski definition) is 1. The van der Waals surface area contributed by atoms with E-state index in [1.807, 2.05) is 24.1 Å². The summed E-state index contributed by atoms with van der Waals surface area (Å²) in [5.74, 6) is 0.984. The number of ether oxygens (including phenoxy) is 1. The van der Waals surface area contributed by atoms with Crippen LogP contribution in [0.5, 0.6) is 0 Å². The van der Waals surface area contributed by atoms with Gasteiger partial charge in [0.25, 0.3) is 0 Å². The SMILES string of the molecule is CCNC(=NCC1(c2ccccc2Br)CC1)N1CCOC(c2cnn(C)c2)C1.I. The van der Waals surface area contributed by atoms with Gasteiger partial charge < -0.3 is 15.0 Å². The van der Waals surface area contributed by atoms with Crippen molar-refractivity contribution in [1.29, 1.82) is 0 Å². The Balaban J connectivity index is 0.00000240. The maximum atomic E-state index is 5.99. The first kappa shape index (κ1) is 22.6. The lowest BCUT2D eigenvalue weighted by atomic mass is 9.96. The number of rotatable bonds is 5. The zero-order valence-corrected chi connectivity index (χ0v) is 20.9. The fraction of sp³-hybridized carbons (Fsp3) is 0.524. The van der Waals surface area contributed by atoms with Gasteiger partial charge in [-0.2, -0.15) is 5.10 Å². The van der Waals surface area contributed by atoms with Crippen molar-refractivity contribution in [3.63, 3.8) is 0 Å². The molecule has 158 valence electrons. The van der Waals surface area contributed by atoms with Gasteiger partial charge in [0, 0.05) is 41.8 Å². The van der Waals surface area contributed by atoms with Gasteiger partial charge in [-0.25, -0.2) is 0 Å². The maximum Gasteiger partial charge on any atom is 0.194 e. The molecule has 2 fully saturated rings. The van der Waals surface area contributed by atoms with Crippen LogP contribution in [0.3, 0.4) is 0 Å². The second kappa shape index (κ2) is 9.78. The fourth-order valence-electron chi connectivity index (χ4n) is 3.86. The summed E-state index contributed by atoms with van der Waals surface area (Å²) < 4.78 is 9.01. The highest BCUT2D eigenvalue weighted by molar-refractivity contribution is 14.0. The standard InChI is InChI=1S/C21H28BrN5O.HI/c1-3-23-20(24-15-21(8-9-21)17-6-4-5-7-18(17)22)27-10-11-28-19(14-27)16-12-25-26(2)13-16;/h4-7,12-13,19H,3,8-11,14-15H2,1-2H3,(H,23,24);1H. The van der Waals surface area contributed by atoms with Gasteiger partial charge >= 0.3 is 0 Å². The quantitative estimate of drug-likeness (QED) is 0.335. The zero-order valence-electron chi connectivity index (χ0n) is 17.0. The Morgan fingerprint density at radius 2 is 2.17 bits per heavy atom. The average molecular weight is 574 g/mol. The summed E-state index contributed by atoms with van der Waals surface area (Å²) in [5.41, 5.74) is 2.68. The van der Waals surface area contributed by atoms with Crippen molar-refractivity contribution in [3.8, 4) is 0 Å². The predicted molar refractivity (Wildman–Crippen MR) is 130 cm³/mol. The number of hydrogen-bond acceptors (Lipinski definition) is 3. The minimum absolute atomic E-state index is 0. The molecule has 0 radical (unpaired) electrons. The van der Waals surface area contributed by atoms with E-state index in [0.29, 0.717) is 6.61 Å². The maximum absolute atomic E-state index is 5.99. The van der Waals surface area contributed by atoms with Crippen molar-refractivity contribution in [2.45, 2.75) is 31.3 Å². The molecular formula is C21H29BrIN5O. The minimum atomic E-state index is 0. The zero-order chi connectivity index (χ0) is 19.6. The summed E-state index contributed by atoms with van der Waals surface area (Å²) in [5, 5.41) is 7.77. The van der Waals surface area contributed by atoms with Crippen LogP contribution in [0.25, 0.3) is 0 Å². The lowest BCUT2D eigenvalue weighted by Crippen LogP contribution is -2.48. The monoisotopic (exact) mass is 573 g/mol. The van der Waals surface area contributed by atoms with Crippen LogP contribution < -0.4 is 5.32 Å². The second-order valence-electron chi connectivity index (χ2n) is 7.68. The molecule has 1 saturated carbocycles. The smallest absolute Gasteiger partial charge is 0.194 e. The van der Waals surface area contributed by atoms with Crippen molar-refractivity contribution in [2.24, 2.45) is 12.0 Å². The van der Waals surface area contributed by atoms with Gasteiger partial charge in [0.15, 0.2) is 5.96 Å². The van der Waals surface area contributed by atoms with Gasteiger partial charge in [-0.3, -0.25) is 9.67 Å². The Morgan fingerprint density at radius 1 is 1.38 bits per heavy atom. The molecule has 2 aromatic rings. The van der Waals surface area contributed by atoms with E-state index in [1.165, 1.54) is 22.9 Å². The third-order valence-corrected chi connectivity index (χ3v) is 6.32. The Morgan fingerprint density at radius 3 is 2.83 bits per heavy atom. The van der Waals surface area contributed by atoms with Crippen molar-refractivity contribution in [3.05, 3.63) is 52.3 Å². The first-order valence-electron chi connectivity index (χ1n) is 10.00. The molecule has 1 unspecified atom stereocenters. The molecule has 2 aliphatic rings. The van der Waals surface area contributed by atoms with E-state index in [2.05, 4.69) is 62.4 Å². The van der Waals surface area contributed by atoms with Crippen molar-refractivity contribution >= 4 is 45.9 Å². The molecule has 0 bridgehead atoms. The van der Waals surface area contributed by atoms with Crippen LogP contribution in [-0.4, -0.2) is 53.4 Å². The van der Waals surface area contributed by atoms with Gasteiger partial charge in [0.2, 0.25) is 0 Å². The van der Waals surface area contributed by atoms with E-state index >= 15 is 0 Å². The highest BCUT2D eigenvalue weighted by Gasteiger charge is 2.45. The normalized spacial score (nSPS) is 20.9. The lowest BCUT2D eigenvalue weighted by molar-refractivity contribution is -0.00805. The van der Waals surface area contributed by atoms with Crippen LogP contribution in [0, 0.1) is 0 Å². The van der Waals surface area contributed by atoms with Crippen LogP contribution in [0.4, 0.5) is 0 Å². The molecule has 1 aliphatic carbocycles. The van der Waals surface area contributed by atoms with Gasteiger partial charge in [0.05, 0.1) is 25.9 Å². The molecule has 0 amide bonds. The number of nitrogens with one attached hydrogen (secondary N) is 1. The fourth-order valence-corrected chi connectivity index (χ4v) is 4.56. The molecule has 1 N–H and O–H groups in total. The molecule has 1 saturated heterocycles. The first-order valence-corrected chi connectivity index (χ1v) is 10.8. The molecule has 4 rings (SSSR count). The molecule has 2 heterocycles. The summed E-state index contributed by atoms with van der Waals surface area (Å²) >= 11 is 3.72. The summed E-state index contributed by atoms with van der Waals surface area (Å²) in [6.45, 7) is 6.13. The number of nitrogens with zero attached hydrogens (tertiary/aromatic N) is 4. The van der Waals surface area contributed by atoms with E-state index in [9.17, 15) is 0 Å². The second-order valence-corrected chi connectivity index (χ2v) is 8.54. The molecule has 0 spiro atoms. The van der Waals surface area contributed by atoms with E-state index in [4.69, 9.17) is 9.73 Å². The Labute approximate surface area is 198 Å². The minimum Gasteiger partial charge on any atom is -0.370 e. The number of aryl methyl sites for hydroxylation is 1. The number of benzene rings is 1. The molecule has 1 aromatic heterocycles. The van der Waals surface area contributed by atoms with Gasteiger partial charge in [0.1, 0.15) is 6.10 Å². The van der Waals surface area contributed by atoms with Crippen LogP contribution >= 0.6 is 39.9 Å². The number of morpholine rings is 1. The largest absolute Gasteiger partial charge is 0.370 e. The van der Waals surface area contributed by atoms with Crippen molar-refractivity contribution in [1.82, 2.24) is 20.0 Å². The number of halogens is 2. The van der Waals surface area contributed by atoms with E-state index in [1.54, 1.807) is 0 Å².